The van der Waals surface area contributed by atoms with Crippen LogP contribution in [-0.4, -0.2) is 20.2 Å². The van der Waals surface area contributed by atoms with Gasteiger partial charge in [-0.15, -0.1) is 0 Å². The summed E-state index contributed by atoms with van der Waals surface area (Å²) in [6.45, 7) is 0. The van der Waals surface area contributed by atoms with Gasteiger partial charge in [0.25, 0.3) is 0 Å². The first-order chi connectivity index (χ1) is 9.83. The highest BCUT2D eigenvalue weighted by molar-refractivity contribution is 5.83. The second kappa shape index (κ2) is 4.10. The molecule has 1 saturated carbocycles. The zero-order valence-electron chi connectivity index (χ0n) is 10.6. The molecule has 0 unspecified atom stereocenters. The Morgan fingerprint density at radius 3 is 3.05 bits per heavy atom. The number of benzene rings is 1. The van der Waals surface area contributed by atoms with Crippen LogP contribution in [-0.2, 0) is 0 Å². The number of nitrogens with zero attached hydrogens (tertiary/aromatic N) is 3. The number of aromatic amines is 2. The van der Waals surface area contributed by atoms with Crippen LogP contribution < -0.4 is 5.32 Å². The van der Waals surface area contributed by atoms with Crippen LogP contribution in [0.1, 0.15) is 30.0 Å². The van der Waals surface area contributed by atoms with Crippen LogP contribution in [0, 0.1) is 11.3 Å². The molecule has 3 aromatic rings. The van der Waals surface area contributed by atoms with Crippen molar-refractivity contribution in [2.24, 2.45) is 0 Å². The molecular weight excluding hydrogens is 252 g/mol. The van der Waals surface area contributed by atoms with E-state index in [4.69, 9.17) is 5.26 Å². The Morgan fingerprint density at radius 2 is 2.25 bits per heavy atom. The Morgan fingerprint density at radius 1 is 1.35 bits per heavy atom. The number of nitrogens with one attached hydrogen (secondary N) is 3. The number of aromatic nitrogens is 4. The van der Waals surface area contributed by atoms with Gasteiger partial charge >= 0.3 is 0 Å². The van der Waals surface area contributed by atoms with Crippen molar-refractivity contribution in [3.63, 3.8) is 0 Å². The van der Waals surface area contributed by atoms with Crippen molar-refractivity contribution in [1.82, 2.24) is 20.2 Å². The molecule has 1 aromatic carbocycles. The summed E-state index contributed by atoms with van der Waals surface area (Å²) in [5, 5.41) is 19.5. The molecule has 1 aliphatic rings. The summed E-state index contributed by atoms with van der Waals surface area (Å²) >= 11 is 0. The molecule has 6 heteroatoms. The number of rotatable bonds is 3. The largest absolute Gasteiger partial charge is 0.324 e. The van der Waals surface area contributed by atoms with Crippen LogP contribution in [0.4, 0.5) is 11.8 Å². The average Bonchev–Trinajstić information content (AvgIpc) is 3.07. The first-order valence-corrected chi connectivity index (χ1v) is 6.54. The molecule has 2 heterocycles. The van der Waals surface area contributed by atoms with Crippen molar-refractivity contribution in [2.75, 3.05) is 5.32 Å². The SMILES string of the molecule is N#Cc1cccc2[nH]c(Nc3cc(C4CC4)[nH]n3)nc12. The van der Waals surface area contributed by atoms with Crippen LogP contribution in [0.3, 0.4) is 0 Å². The molecule has 1 fully saturated rings. The molecule has 0 spiro atoms. The predicted octanol–water partition coefficient (Wildman–Crippen LogP) is 2.78. The van der Waals surface area contributed by atoms with E-state index < -0.39 is 0 Å². The van der Waals surface area contributed by atoms with E-state index in [2.05, 4.69) is 31.6 Å². The van der Waals surface area contributed by atoms with E-state index in [0.717, 1.165) is 11.3 Å². The molecule has 0 bridgehead atoms. The zero-order chi connectivity index (χ0) is 13.5. The van der Waals surface area contributed by atoms with E-state index in [-0.39, 0.29) is 0 Å². The van der Waals surface area contributed by atoms with Gasteiger partial charge in [-0.05, 0) is 25.0 Å². The monoisotopic (exact) mass is 264 g/mol. The Bertz CT molecular complexity index is 818. The third-order valence-electron chi connectivity index (χ3n) is 3.49. The van der Waals surface area contributed by atoms with Gasteiger partial charge < -0.3 is 10.3 Å². The van der Waals surface area contributed by atoms with Gasteiger partial charge in [0.1, 0.15) is 11.6 Å². The van der Waals surface area contributed by atoms with Gasteiger partial charge in [-0.3, -0.25) is 5.10 Å². The number of anilines is 2. The number of H-pyrrole nitrogens is 2. The van der Waals surface area contributed by atoms with Gasteiger partial charge in [0.15, 0.2) is 5.82 Å². The van der Waals surface area contributed by atoms with Crippen LogP contribution in [0.2, 0.25) is 0 Å². The lowest BCUT2D eigenvalue weighted by Gasteiger charge is -1.95. The molecule has 6 nitrogen and oxygen atoms in total. The maximum Gasteiger partial charge on any atom is 0.206 e. The van der Waals surface area contributed by atoms with E-state index in [1.54, 1.807) is 6.07 Å². The number of para-hydroxylation sites is 1. The summed E-state index contributed by atoms with van der Waals surface area (Å²) in [7, 11) is 0. The summed E-state index contributed by atoms with van der Waals surface area (Å²) in [5.74, 6) is 1.97. The number of hydrogen-bond acceptors (Lipinski definition) is 4. The van der Waals surface area contributed by atoms with Crippen LogP contribution in [0.15, 0.2) is 24.3 Å². The van der Waals surface area contributed by atoms with E-state index in [1.165, 1.54) is 18.5 Å². The van der Waals surface area contributed by atoms with E-state index in [0.29, 0.717) is 22.9 Å². The second-order valence-electron chi connectivity index (χ2n) is 5.01. The molecule has 3 N–H and O–H groups in total. The fourth-order valence-corrected chi connectivity index (χ4v) is 2.31. The Labute approximate surface area is 114 Å². The van der Waals surface area contributed by atoms with Gasteiger partial charge in [0, 0.05) is 17.7 Å². The van der Waals surface area contributed by atoms with E-state index in [9.17, 15) is 0 Å². The van der Waals surface area contributed by atoms with Gasteiger partial charge in [-0.25, -0.2) is 4.98 Å². The third kappa shape index (κ3) is 1.80. The summed E-state index contributed by atoms with van der Waals surface area (Å²) in [5.41, 5.74) is 3.24. The fourth-order valence-electron chi connectivity index (χ4n) is 2.31. The minimum absolute atomic E-state index is 0.562. The minimum Gasteiger partial charge on any atom is -0.324 e. The minimum atomic E-state index is 0.562. The maximum atomic E-state index is 9.06. The Balaban J connectivity index is 1.66. The van der Waals surface area contributed by atoms with Gasteiger partial charge in [-0.1, -0.05) is 6.07 Å². The molecule has 20 heavy (non-hydrogen) atoms. The lowest BCUT2D eigenvalue weighted by Crippen LogP contribution is -1.92. The lowest BCUT2D eigenvalue weighted by atomic mass is 10.2. The van der Waals surface area contributed by atoms with Crippen molar-refractivity contribution in [2.45, 2.75) is 18.8 Å². The van der Waals surface area contributed by atoms with Crippen molar-refractivity contribution in [3.8, 4) is 6.07 Å². The standard InChI is InChI=1S/C14H12N6/c15-7-9-2-1-3-10-13(9)18-14(16-10)17-12-6-11(19-20-12)8-4-5-8/h1-3,6,8H,4-5H2,(H3,16,17,18,19,20). The quantitative estimate of drug-likeness (QED) is 0.678. The highest BCUT2D eigenvalue weighted by atomic mass is 15.2. The molecule has 2 aromatic heterocycles. The first-order valence-electron chi connectivity index (χ1n) is 6.54. The number of hydrogen-bond donors (Lipinski definition) is 3. The molecule has 0 amide bonds. The Hall–Kier alpha value is -2.81. The zero-order valence-corrected chi connectivity index (χ0v) is 10.6. The molecule has 0 saturated heterocycles. The summed E-state index contributed by atoms with van der Waals surface area (Å²) in [6.07, 6.45) is 2.47. The summed E-state index contributed by atoms with van der Waals surface area (Å²) in [6, 6.07) is 9.64. The molecule has 0 radical (unpaired) electrons. The molecule has 98 valence electrons. The smallest absolute Gasteiger partial charge is 0.206 e. The molecule has 1 aliphatic carbocycles. The van der Waals surface area contributed by atoms with Gasteiger partial charge in [-0.2, -0.15) is 10.4 Å². The van der Waals surface area contributed by atoms with Crippen LogP contribution in [0.5, 0.6) is 0 Å². The number of nitriles is 1. The average molecular weight is 264 g/mol. The highest BCUT2D eigenvalue weighted by Gasteiger charge is 2.25. The fraction of sp³-hybridized carbons (Fsp3) is 0.214. The second-order valence-corrected chi connectivity index (χ2v) is 5.01. The summed E-state index contributed by atoms with van der Waals surface area (Å²) in [4.78, 5) is 7.55. The highest BCUT2D eigenvalue weighted by Crippen LogP contribution is 2.39. The van der Waals surface area contributed by atoms with Crippen LogP contribution in [0.25, 0.3) is 11.0 Å². The molecule has 0 atom stereocenters. The van der Waals surface area contributed by atoms with Crippen molar-refractivity contribution < 1.29 is 0 Å². The van der Waals surface area contributed by atoms with Gasteiger partial charge in [0.2, 0.25) is 5.95 Å². The topological polar surface area (TPSA) is 93.2 Å². The van der Waals surface area contributed by atoms with Gasteiger partial charge in [0.05, 0.1) is 11.1 Å². The first kappa shape index (κ1) is 11.1. The van der Waals surface area contributed by atoms with E-state index in [1.807, 2.05) is 18.2 Å². The lowest BCUT2D eigenvalue weighted by molar-refractivity contribution is 0.966. The number of imidazole rings is 1. The number of fused-ring (bicyclic) bond motifs is 1. The molecule has 0 aliphatic heterocycles. The van der Waals surface area contributed by atoms with Crippen molar-refractivity contribution in [1.29, 1.82) is 5.26 Å². The third-order valence-corrected chi connectivity index (χ3v) is 3.49. The normalized spacial score (nSPS) is 14.3. The van der Waals surface area contributed by atoms with Crippen LogP contribution >= 0.6 is 0 Å². The van der Waals surface area contributed by atoms with E-state index >= 15 is 0 Å². The summed E-state index contributed by atoms with van der Waals surface area (Å²) < 4.78 is 0. The maximum absolute atomic E-state index is 9.06. The van der Waals surface area contributed by atoms with Crippen molar-refractivity contribution in [3.05, 3.63) is 35.5 Å². The predicted molar refractivity (Wildman–Crippen MR) is 74.7 cm³/mol. The molecule has 4 rings (SSSR count). The molecular formula is C14H12N6. The Kier molecular flexibility index (Phi) is 2.27. The van der Waals surface area contributed by atoms with Crippen molar-refractivity contribution >= 4 is 22.8 Å².